The molecule has 0 radical (unpaired) electrons. The zero-order valence-electron chi connectivity index (χ0n) is 10.4. The molecule has 1 amide bonds. The number of carbonyl (C=O) groups is 1. The van der Waals surface area contributed by atoms with Gasteiger partial charge in [-0.25, -0.2) is 0 Å². The molecule has 0 fully saturated rings. The Morgan fingerprint density at radius 3 is 2.33 bits per heavy atom. The number of nitrogens with one attached hydrogen (secondary N) is 2. The van der Waals surface area contributed by atoms with Gasteiger partial charge in [0.1, 0.15) is 0 Å². The quantitative estimate of drug-likeness (QED) is 0.877. The third-order valence-corrected chi connectivity index (χ3v) is 2.64. The van der Waals surface area contributed by atoms with Crippen molar-refractivity contribution in [2.24, 2.45) is 0 Å². The van der Waals surface area contributed by atoms with E-state index in [4.69, 9.17) is 0 Å². The van der Waals surface area contributed by atoms with Gasteiger partial charge in [-0.3, -0.25) is 4.79 Å². The largest absolute Gasteiger partial charge is 0.416 e. The second-order valence-corrected chi connectivity index (χ2v) is 4.41. The Morgan fingerprint density at radius 2 is 1.83 bits per heavy atom. The molecule has 0 heterocycles. The minimum Gasteiger partial charge on any atom is -0.324 e. The van der Waals surface area contributed by atoms with Gasteiger partial charge < -0.3 is 10.6 Å². The summed E-state index contributed by atoms with van der Waals surface area (Å²) in [6.45, 7) is 3.27. The lowest BCUT2D eigenvalue weighted by molar-refractivity contribution is -0.137. The molecule has 0 spiro atoms. The fourth-order valence-corrected chi connectivity index (χ4v) is 1.17. The molecule has 1 aromatic rings. The summed E-state index contributed by atoms with van der Waals surface area (Å²) in [5, 5.41) is 5.22. The van der Waals surface area contributed by atoms with E-state index < -0.39 is 23.2 Å². The molecule has 18 heavy (non-hydrogen) atoms. The van der Waals surface area contributed by atoms with Gasteiger partial charge in [-0.1, -0.05) is 6.07 Å². The molecule has 3 nitrogen and oxygen atoms in total. The number of benzene rings is 1. The lowest BCUT2D eigenvalue weighted by Gasteiger charge is -2.23. The van der Waals surface area contributed by atoms with Gasteiger partial charge in [-0.15, -0.1) is 0 Å². The van der Waals surface area contributed by atoms with Crippen LogP contribution in [0.15, 0.2) is 24.3 Å². The maximum absolute atomic E-state index is 12.5. The van der Waals surface area contributed by atoms with Crippen LogP contribution in [0.2, 0.25) is 0 Å². The molecule has 0 saturated heterocycles. The van der Waals surface area contributed by atoms with Crippen molar-refractivity contribution in [2.45, 2.75) is 25.6 Å². The van der Waals surface area contributed by atoms with E-state index in [2.05, 4.69) is 10.6 Å². The summed E-state index contributed by atoms with van der Waals surface area (Å²) in [4.78, 5) is 11.8. The second kappa shape index (κ2) is 4.97. The van der Waals surface area contributed by atoms with Crippen molar-refractivity contribution in [3.8, 4) is 0 Å². The van der Waals surface area contributed by atoms with Crippen molar-refractivity contribution < 1.29 is 18.0 Å². The van der Waals surface area contributed by atoms with E-state index in [0.717, 1.165) is 12.1 Å². The van der Waals surface area contributed by atoms with E-state index >= 15 is 0 Å². The molecule has 0 aliphatic rings. The summed E-state index contributed by atoms with van der Waals surface area (Å²) in [5.41, 5.74) is -1.52. The van der Waals surface area contributed by atoms with Gasteiger partial charge in [0.15, 0.2) is 0 Å². The molecule has 0 unspecified atom stereocenters. The van der Waals surface area contributed by atoms with Crippen molar-refractivity contribution in [1.29, 1.82) is 0 Å². The summed E-state index contributed by atoms with van der Waals surface area (Å²) in [5.74, 6) is -0.399. The van der Waals surface area contributed by atoms with E-state index in [1.54, 1.807) is 20.9 Å². The number of alkyl halides is 3. The number of carbonyl (C=O) groups excluding carboxylic acids is 1. The average molecular weight is 260 g/mol. The van der Waals surface area contributed by atoms with Crippen molar-refractivity contribution >= 4 is 11.6 Å². The number of hydrogen-bond donors (Lipinski definition) is 2. The molecule has 1 aromatic carbocycles. The first kappa shape index (κ1) is 14.5. The van der Waals surface area contributed by atoms with Crippen molar-refractivity contribution in [3.63, 3.8) is 0 Å². The fourth-order valence-electron chi connectivity index (χ4n) is 1.17. The highest BCUT2D eigenvalue weighted by Crippen LogP contribution is 2.30. The second-order valence-electron chi connectivity index (χ2n) is 4.41. The first-order chi connectivity index (χ1) is 8.16. The molecule has 0 saturated carbocycles. The highest BCUT2D eigenvalue weighted by atomic mass is 19.4. The third kappa shape index (κ3) is 3.46. The maximum Gasteiger partial charge on any atom is 0.416 e. The number of rotatable bonds is 3. The molecule has 100 valence electrons. The van der Waals surface area contributed by atoms with Crippen LogP contribution in [0.1, 0.15) is 19.4 Å². The SMILES string of the molecule is CNC(C)(C)C(=O)Nc1cccc(C(F)(F)F)c1. The number of likely N-dealkylation sites (N-methyl/N-ethyl adjacent to an activating group) is 1. The predicted octanol–water partition coefficient (Wildman–Crippen LogP) is 2.64. The molecular formula is C12H15F3N2O. The average Bonchev–Trinajstić information content (AvgIpc) is 2.28. The lowest BCUT2D eigenvalue weighted by atomic mass is 10.0. The van der Waals surface area contributed by atoms with E-state index in [9.17, 15) is 18.0 Å². The third-order valence-electron chi connectivity index (χ3n) is 2.64. The van der Waals surface area contributed by atoms with E-state index in [1.807, 2.05) is 0 Å². The number of anilines is 1. The summed E-state index contributed by atoms with van der Waals surface area (Å²) in [6.07, 6.45) is -4.42. The molecular weight excluding hydrogens is 245 g/mol. The topological polar surface area (TPSA) is 41.1 Å². The molecule has 0 aromatic heterocycles. The van der Waals surface area contributed by atoms with Gasteiger partial charge >= 0.3 is 6.18 Å². The van der Waals surface area contributed by atoms with Gasteiger partial charge in [-0.05, 0) is 39.1 Å². The molecule has 0 atom stereocenters. The van der Waals surface area contributed by atoms with Gasteiger partial charge in [0.05, 0.1) is 11.1 Å². The number of hydrogen-bond acceptors (Lipinski definition) is 2. The smallest absolute Gasteiger partial charge is 0.324 e. The van der Waals surface area contributed by atoms with Crippen molar-refractivity contribution in [2.75, 3.05) is 12.4 Å². The zero-order valence-corrected chi connectivity index (χ0v) is 10.4. The highest BCUT2D eigenvalue weighted by Gasteiger charge is 2.31. The summed E-state index contributed by atoms with van der Waals surface area (Å²) < 4.78 is 37.4. The van der Waals surface area contributed by atoms with Crippen LogP contribution in [-0.2, 0) is 11.0 Å². The maximum atomic E-state index is 12.5. The zero-order chi connectivity index (χ0) is 14.0. The normalized spacial score (nSPS) is 12.3. The summed E-state index contributed by atoms with van der Waals surface area (Å²) in [7, 11) is 1.60. The Morgan fingerprint density at radius 1 is 1.22 bits per heavy atom. The van der Waals surface area contributed by atoms with Crippen molar-refractivity contribution in [3.05, 3.63) is 29.8 Å². The Hall–Kier alpha value is -1.56. The Kier molecular flexibility index (Phi) is 4.01. The van der Waals surface area contributed by atoms with Crippen LogP contribution in [-0.4, -0.2) is 18.5 Å². The predicted molar refractivity (Wildman–Crippen MR) is 63.2 cm³/mol. The minimum atomic E-state index is -4.42. The van der Waals surface area contributed by atoms with Crippen LogP contribution in [0.25, 0.3) is 0 Å². The van der Waals surface area contributed by atoms with Gasteiger partial charge in [0.2, 0.25) is 5.91 Å². The molecule has 0 bridgehead atoms. The van der Waals surface area contributed by atoms with Crippen LogP contribution in [0.4, 0.5) is 18.9 Å². The monoisotopic (exact) mass is 260 g/mol. The Balaban J connectivity index is 2.90. The molecule has 1 rings (SSSR count). The molecule has 6 heteroatoms. The van der Waals surface area contributed by atoms with Crippen LogP contribution in [0, 0.1) is 0 Å². The molecule has 2 N–H and O–H groups in total. The lowest BCUT2D eigenvalue weighted by Crippen LogP contribution is -2.47. The first-order valence-corrected chi connectivity index (χ1v) is 5.34. The van der Waals surface area contributed by atoms with Gasteiger partial charge in [-0.2, -0.15) is 13.2 Å². The van der Waals surface area contributed by atoms with Crippen LogP contribution in [0.5, 0.6) is 0 Å². The fraction of sp³-hybridized carbons (Fsp3) is 0.417. The summed E-state index contributed by atoms with van der Waals surface area (Å²) in [6, 6.07) is 4.53. The summed E-state index contributed by atoms with van der Waals surface area (Å²) >= 11 is 0. The highest BCUT2D eigenvalue weighted by molar-refractivity contribution is 5.97. The molecule has 0 aliphatic heterocycles. The number of amides is 1. The number of halogens is 3. The standard InChI is InChI=1S/C12H15F3N2O/c1-11(2,16-3)10(18)17-9-6-4-5-8(7-9)12(13,14)15/h4-7,16H,1-3H3,(H,17,18). The van der Waals surface area contributed by atoms with Crippen LogP contribution in [0.3, 0.4) is 0 Å². The van der Waals surface area contributed by atoms with Gasteiger partial charge in [0.25, 0.3) is 0 Å². The van der Waals surface area contributed by atoms with E-state index in [0.29, 0.717) is 0 Å². The Labute approximate surface area is 103 Å². The van der Waals surface area contributed by atoms with Crippen molar-refractivity contribution in [1.82, 2.24) is 5.32 Å². The first-order valence-electron chi connectivity index (χ1n) is 5.34. The van der Waals surface area contributed by atoms with E-state index in [-0.39, 0.29) is 5.69 Å². The Bertz CT molecular complexity index is 441. The van der Waals surface area contributed by atoms with E-state index in [1.165, 1.54) is 12.1 Å². The molecule has 0 aliphatic carbocycles. The van der Waals surface area contributed by atoms with Crippen LogP contribution < -0.4 is 10.6 Å². The van der Waals surface area contributed by atoms with Crippen LogP contribution >= 0.6 is 0 Å². The minimum absolute atomic E-state index is 0.123. The van der Waals surface area contributed by atoms with Gasteiger partial charge in [0, 0.05) is 5.69 Å².